The lowest BCUT2D eigenvalue weighted by atomic mass is 9.86. The maximum absolute atomic E-state index is 11.3. The summed E-state index contributed by atoms with van der Waals surface area (Å²) >= 11 is 0. The number of carboxylic acids is 2. The van der Waals surface area contributed by atoms with Crippen LogP contribution in [-0.2, 0) is 9.59 Å². The average molecular weight is 433 g/mol. The highest BCUT2D eigenvalue weighted by Gasteiger charge is 2.27. The molecule has 2 rings (SSSR count). The van der Waals surface area contributed by atoms with Crippen LogP contribution in [0.1, 0.15) is 78.2 Å². The van der Waals surface area contributed by atoms with Gasteiger partial charge in [0, 0.05) is 19.1 Å². The van der Waals surface area contributed by atoms with Gasteiger partial charge in [-0.15, -0.1) is 0 Å². The number of rotatable bonds is 11. The number of nitrogens with zero attached hydrogens (tertiary/aromatic N) is 1. The van der Waals surface area contributed by atoms with E-state index in [4.69, 9.17) is 0 Å². The normalized spacial score (nSPS) is 20.0. The van der Waals surface area contributed by atoms with Crippen LogP contribution >= 0.6 is 0 Å². The van der Waals surface area contributed by atoms with Crippen LogP contribution in [-0.4, -0.2) is 41.3 Å². The van der Waals surface area contributed by atoms with Gasteiger partial charge in [0.2, 0.25) is 0 Å². The zero-order valence-corrected chi connectivity index (χ0v) is 19.7. The zero-order valence-electron chi connectivity index (χ0n) is 19.7. The van der Waals surface area contributed by atoms with Gasteiger partial charge in [0.1, 0.15) is 0 Å². The van der Waals surface area contributed by atoms with Gasteiger partial charge < -0.3 is 20.4 Å². The molecule has 0 heterocycles. The maximum atomic E-state index is 11.3. The minimum atomic E-state index is -0.792. The molecule has 0 amide bonds. The topological polar surface area (TPSA) is 89.9 Å². The van der Waals surface area contributed by atoms with Crippen molar-refractivity contribution in [2.75, 3.05) is 23.3 Å². The van der Waals surface area contributed by atoms with Crippen molar-refractivity contribution in [3.05, 3.63) is 23.8 Å². The average Bonchev–Trinajstić information content (AvgIpc) is 2.66. The molecule has 1 aliphatic carbocycles. The Morgan fingerprint density at radius 1 is 1.00 bits per heavy atom. The molecule has 174 valence electrons. The molecule has 1 aliphatic rings. The Morgan fingerprint density at radius 3 is 2.06 bits per heavy atom. The second-order valence-corrected chi connectivity index (χ2v) is 10.00. The lowest BCUT2D eigenvalue weighted by Crippen LogP contribution is -2.33. The van der Waals surface area contributed by atoms with E-state index in [0.29, 0.717) is 24.7 Å². The summed E-state index contributed by atoms with van der Waals surface area (Å²) in [7, 11) is 0. The maximum Gasteiger partial charge on any atom is 0.306 e. The monoisotopic (exact) mass is 432 g/mol. The molecule has 0 bridgehead atoms. The van der Waals surface area contributed by atoms with Crippen LogP contribution in [0.3, 0.4) is 0 Å². The molecule has 1 unspecified atom stereocenters. The highest BCUT2D eigenvalue weighted by molar-refractivity contribution is 5.73. The number of anilines is 2. The van der Waals surface area contributed by atoms with Gasteiger partial charge >= 0.3 is 11.9 Å². The first-order valence-corrected chi connectivity index (χ1v) is 11.7. The van der Waals surface area contributed by atoms with E-state index in [2.05, 4.69) is 56.1 Å². The van der Waals surface area contributed by atoms with Gasteiger partial charge in [-0.3, -0.25) is 9.59 Å². The van der Waals surface area contributed by atoms with Crippen LogP contribution in [0.4, 0.5) is 11.4 Å². The smallest absolute Gasteiger partial charge is 0.306 e. The minimum absolute atomic E-state index is 0.0708. The van der Waals surface area contributed by atoms with E-state index >= 15 is 0 Å². The quantitative estimate of drug-likeness (QED) is 0.431. The second-order valence-electron chi connectivity index (χ2n) is 10.00. The van der Waals surface area contributed by atoms with Crippen LogP contribution in [0.15, 0.2) is 18.2 Å². The fraction of sp³-hybridized carbons (Fsp3) is 0.680. The third kappa shape index (κ3) is 7.75. The molecule has 0 saturated heterocycles. The summed E-state index contributed by atoms with van der Waals surface area (Å²) in [5.74, 6) is -0.759. The van der Waals surface area contributed by atoms with Crippen molar-refractivity contribution in [1.29, 1.82) is 0 Å². The standard InChI is InChI=1S/C25H40N2O4/c1-16(2)14-27(15-17(3)4)23-11-8-20(18(5)12-24(28)29)13-22(23)26-21-9-6-19(7-10-21)25(30)31/h8,11,13,16-19,21,26H,6-7,9-10,12,14-15H2,1-5H3,(H,28,29)(H,30,31). The molecule has 31 heavy (non-hydrogen) atoms. The Hall–Kier alpha value is -2.24. The van der Waals surface area contributed by atoms with Crippen molar-refractivity contribution in [2.45, 2.75) is 78.7 Å². The third-order valence-corrected chi connectivity index (χ3v) is 6.02. The summed E-state index contributed by atoms with van der Waals surface area (Å²) in [4.78, 5) is 24.9. The Kier molecular flexibility index (Phi) is 9.20. The van der Waals surface area contributed by atoms with Crippen molar-refractivity contribution in [3.63, 3.8) is 0 Å². The lowest BCUT2D eigenvalue weighted by molar-refractivity contribution is -0.143. The number of carboxylic acid groups (broad SMARTS) is 2. The highest BCUT2D eigenvalue weighted by Crippen LogP contribution is 2.35. The predicted octanol–water partition coefficient (Wildman–Crippen LogP) is 5.44. The molecule has 6 heteroatoms. The third-order valence-electron chi connectivity index (χ3n) is 6.02. The van der Waals surface area contributed by atoms with Crippen LogP contribution in [0, 0.1) is 17.8 Å². The van der Waals surface area contributed by atoms with E-state index in [1.807, 2.05) is 6.92 Å². The number of nitrogens with one attached hydrogen (secondary N) is 1. The molecule has 1 fully saturated rings. The first-order chi connectivity index (χ1) is 14.6. The van der Waals surface area contributed by atoms with Crippen LogP contribution in [0.5, 0.6) is 0 Å². The van der Waals surface area contributed by atoms with E-state index in [9.17, 15) is 19.8 Å². The number of benzene rings is 1. The SMILES string of the molecule is CC(C)CN(CC(C)C)c1ccc(C(C)CC(=O)O)cc1NC1CCC(C(=O)O)CC1. The number of hydrogen-bond donors (Lipinski definition) is 3. The fourth-order valence-corrected chi connectivity index (χ4v) is 4.49. The first-order valence-electron chi connectivity index (χ1n) is 11.7. The van der Waals surface area contributed by atoms with E-state index in [0.717, 1.165) is 42.9 Å². The van der Waals surface area contributed by atoms with Crippen molar-refractivity contribution < 1.29 is 19.8 Å². The summed E-state index contributed by atoms with van der Waals surface area (Å²) < 4.78 is 0. The Balaban J connectivity index is 2.32. The summed E-state index contributed by atoms with van der Waals surface area (Å²) in [5.41, 5.74) is 3.20. The largest absolute Gasteiger partial charge is 0.481 e. The van der Waals surface area contributed by atoms with Crippen molar-refractivity contribution in [1.82, 2.24) is 0 Å². The van der Waals surface area contributed by atoms with Gasteiger partial charge in [-0.25, -0.2) is 0 Å². The van der Waals surface area contributed by atoms with Gasteiger partial charge in [-0.05, 0) is 61.1 Å². The van der Waals surface area contributed by atoms with E-state index in [1.165, 1.54) is 0 Å². The molecule has 1 atom stereocenters. The van der Waals surface area contributed by atoms with Gasteiger partial charge in [0.15, 0.2) is 0 Å². The Morgan fingerprint density at radius 2 is 1.58 bits per heavy atom. The van der Waals surface area contributed by atoms with E-state index in [-0.39, 0.29) is 24.3 Å². The molecule has 0 aromatic heterocycles. The fourth-order valence-electron chi connectivity index (χ4n) is 4.49. The van der Waals surface area contributed by atoms with E-state index < -0.39 is 11.9 Å². The first kappa shape index (κ1) is 25.0. The number of carbonyl (C=O) groups is 2. The predicted molar refractivity (Wildman–Crippen MR) is 126 cm³/mol. The summed E-state index contributed by atoms with van der Waals surface area (Å²) in [5, 5.41) is 22.2. The van der Waals surface area contributed by atoms with Gasteiger partial charge in [-0.2, -0.15) is 0 Å². The molecule has 6 nitrogen and oxygen atoms in total. The van der Waals surface area contributed by atoms with Crippen molar-refractivity contribution >= 4 is 23.3 Å². The molecular weight excluding hydrogens is 392 g/mol. The molecule has 1 saturated carbocycles. The number of aliphatic carboxylic acids is 2. The van der Waals surface area contributed by atoms with Crippen LogP contribution < -0.4 is 10.2 Å². The molecule has 0 spiro atoms. The number of hydrogen-bond acceptors (Lipinski definition) is 4. The Bertz CT molecular complexity index is 729. The highest BCUT2D eigenvalue weighted by atomic mass is 16.4. The lowest BCUT2D eigenvalue weighted by Gasteiger charge is -2.34. The molecule has 3 N–H and O–H groups in total. The molecule has 0 radical (unpaired) electrons. The van der Waals surface area contributed by atoms with E-state index in [1.54, 1.807) is 0 Å². The molecule has 1 aromatic rings. The second kappa shape index (κ2) is 11.4. The minimum Gasteiger partial charge on any atom is -0.481 e. The van der Waals surface area contributed by atoms with Crippen molar-refractivity contribution in [3.8, 4) is 0 Å². The molecular formula is C25H40N2O4. The van der Waals surface area contributed by atoms with Gasteiger partial charge in [0.25, 0.3) is 0 Å². The molecule has 0 aliphatic heterocycles. The Labute approximate surface area is 187 Å². The summed E-state index contributed by atoms with van der Waals surface area (Å²) in [6, 6.07) is 6.53. The van der Waals surface area contributed by atoms with Gasteiger partial charge in [-0.1, -0.05) is 40.7 Å². The van der Waals surface area contributed by atoms with Crippen molar-refractivity contribution in [2.24, 2.45) is 17.8 Å². The zero-order chi connectivity index (χ0) is 23.1. The summed E-state index contributed by atoms with van der Waals surface area (Å²) in [6.07, 6.45) is 3.15. The van der Waals surface area contributed by atoms with Crippen LogP contribution in [0.2, 0.25) is 0 Å². The van der Waals surface area contributed by atoms with Crippen LogP contribution in [0.25, 0.3) is 0 Å². The summed E-state index contributed by atoms with van der Waals surface area (Å²) in [6.45, 7) is 12.7. The van der Waals surface area contributed by atoms with Gasteiger partial charge in [0.05, 0.1) is 23.7 Å². The molecule has 1 aromatic carbocycles.